The number of carbonyl (C=O) groups excluding carboxylic acids is 1. The minimum absolute atomic E-state index is 0.119. The summed E-state index contributed by atoms with van der Waals surface area (Å²) in [5.74, 6) is 0.594. The molecular formula is C15H15N5O3. The van der Waals surface area contributed by atoms with Crippen LogP contribution in [0.2, 0.25) is 0 Å². The molecule has 0 spiro atoms. The topological polar surface area (TPSA) is 105 Å². The molecule has 1 unspecified atom stereocenters. The maximum atomic E-state index is 12.6. The number of hydrogen-bond donors (Lipinski definition) is 0. The van der Waals surface area contributed by atoms with Crippen molar-refractivity contribution >= 4 is 5.91 Å². The zero-order valence-corrected chi connectivity index (χ0v) is 12.8. The first kappa shape index (κ1) is 15.0. The molecule has 8 heteroatoms. The molecule has 0 N–H and O–H groups in total. The van der Waals surface area contributed by atoms with Gasteiger partial charge in [0.1, 0.15) is 23.5 Å². The third kappa shape index (κ3) is 2.85. The summed E-state index contributed by atoms with van der Waals surface area (Å²) in [6, 6.07) is 1.94. The molecule has 0 aromatic carbocycles. The van der Waals surface area contributed by atoms with Crippen LogP contribution < -0.4 is 4.74 Å². The van der Waals surface area contributed by atoms with Crippen molar-refractivity contribution in [1.82, 2.24) is 20.0 Å². The molecule has 1 aliphatic rings. The van der Waals surface area contributed by atoms with Crippen molar-refractivity contribution in [3.63, 3.8) is 0 Å². The Morgan fingerprint density at radius 3 is 2.91 bits per heavy atom. The van der Waals surface area contributed by atoms with Gasteiger partial charge in [-0.1, -0.05) is 5.16 Å². The second kappa shape index (κ2) is 6.04. The Hall–Kier alpha value is -2.95. The van der Waals surface area contributed by atoms with Gasteiger partial charge in [-0.25, -0.2) is 9.97 Å². The molecule has 0 radical (unpaired) electrons. The van der Waals surface area contributed by atoms with Crippen LogP contribution in [0.1, 0.15) is 33.9 Å². The van der Waals surface area contributed by atoms with Gasteiger partial charge in [-0.3, -0.25) is 4.79 Å². The van der Waals surface area contributed by atoms with E-state index in [4.69, 9.17) is 14.5 Å². The predicted octanol–water partition coefficient (Wildman–Crippen LogP) is 1.25. The van der Waals surface area contributed by atoms with Crippen molar-refractivity contribution in [3.8, 4) is 11.9 Å². The lowest BCUT2D eigenvalue weighted by Crippen LogP contribution is -2.31. The first-order valence-corrected chi connectivity index (χ1v) is 7.20. The Labute approximate surface area is 132 Å². The number of nitriles is 1. The molecule has 0 bridgehead atoms. The molecule has 118 valence electrons. The van der Waals surface area contributed by atoms with Gasteiger partial charge in [-0.2, -0.15) is 5.26 Å². The van der Waals surface area contributed by atoms with Crippen LogP contribution in [0.25, 0.3) is 0 Å². The SMILES string of the molecule is Cc1noc(C)c1C(=O)N1CCC(Oc2nccnc2C#N)C1. The summed E-state index contributed by atoms with van der Waals surface area (Å²) in [7, 11) is 0. The molecule has 3 heterocycles. The fraction of sp³-hybridized carbons (Fsp3) is 0.400. The highest BCUT2D eigenvalue weighted by Gasteiger charge is 2.31. The molecule has 1 saturated heterocycles. The summed E-state index contributed by atoms with van der Waals surface area (Å²) in [4.78, 5) is 22.2. The van der Waals surface area contributed by atoms with Crippen LogP contribution in [-0.4, -0.2) is 45.1 Å². The Morgan fingerprint density at radius 2 is 2.22 bits per heavy atom. The number of aryl methyl sites for hydroxylation is 2. The van der Waals surface area contributed by atoms with Crippen molar-refractivity contribution in [2.75, 3.05) is 13.1 Å². The molecule has 1 aliphatic heterocycles. The summed E-state index contributed by atoms with van der Waals surface area (Å²) in [6.45, 7) is 4.45. The molecule has 1 fully saturated rings. The first-order valence-electron chi connectivity index (χ1n) is 7.20. The van der Waals surface area contributed by atoms with Crippen LogP contribution in [-0.2, 0) is 0 Å². The van der Waals surface area contributed by atoms with Crippen LogP contribution in [0.3, 0.4) is 0 Å². The first-order chi connectivity index (χ1) is 11.1. The standard InChI is InChI=1S/C15H15N5O3/c1-9-13(10(2)23-19-9)15(21)20-6-3-11(8-20)22-14-12(7-16)17-4-5-18-14/h4-5,11H,3,6,8H2,1-2H3. The Bertz CT molecular complexity index is 760. The number of aromatic nitrogens is 3. The maximum absolute atomic E-state index is 12.6. The zero-order valence-electron chi connectivity index (χ0n) is 12.8. The predicted molar refractivity (Wildman–Crippen MR) is 77.7 cm³/mol. The van der Waals surface area contributed by atoms with E-state index in [1.165, 1.54) is 12.4 Å². The van der Waals surface area contributed by atoms with E-state index in [-0.39, 0.29) is 23.6 Å². The van der Waals surface area contributed by atoms with E-state index >= 15 is 0 Å². The van der Waals surface area contributed by atoms with E-state index in [9.17, 15) is 4.79 Å². The number of ether oxygens (including phenoxy) is 1. The second-order valence-corrected chi connectivity index (χ2v) is 5.30. The summed E-state index contributed by atoms with van der Waals surface area (Å²) in [6.07, 6.45) is 3.35. The molecule has 1 amide bonds. The molecular weight excluding hydrogens is 298 g/mol. The van der Waals surface area contributed by atoms with Gasteiger partial charge in [0.05, 0.1) is 12.2 Å². The molecule has 0 saturated carbocycles. The number of likely N-dealkylation sites (tertiary alicyclic amines) is 1. The highest BCUT2D eigenvalue weighted by Crippen LogP contribution is 2.22. The molecule has 3 rings (SSSR count). The van der Waals surface area contributed by atoms with E-state index in [2.05, 4.69) is 15.1 Å². The van der Waals surface area contributed by atoms with Crippen LogP contribution in [0.4, 0.5) is 0 Å². The normalized spacial score (nSPS) is 17.1. The third-order valence-electron chi connectivity index (χ3n) is 3.73. The average Bonchev–Trinajstić information content (AvgIpc) is 3.14. The van der Waals surface area contributed by atoms with Crippen LogP contribution in [0, 0.1) is 25.2 Å². The largest absolute Gasteiger partial charge is 0.470 e. The van der Waals surface area contributed by atoms with Crippen molar-refractivity contribution in [2.45, 2.75) is 26.4 Å². The lowest BCUT2D eigenvalue weighted by molar-refractivity contribution is 0.0768. The monoisotopic (exact) mass is 313 g/mol. The van der Waals surface area contributed by atoms with Crippen molar-refractivity contribution in [2.24, 2.45) is 0 Å². The fourth-order valence-electron chi connectivity index (χ4n) is 2.60. The summed E-state index contributed by atoms with van der Waals surface area (Å²) < 4.78 is 10.8. The van der Waals surface area contributed by atoms with E-state index in [0.717, 1.165) is 0 Å². The smallest absolute Gasteiger partial charge is 0.259 e. The van der Waals surface area contributed by atoms with Gasteiger partial charge in [0.25, 0.3) is 11.8 Å². The number of nitrogens with zero attached hydrogens (tertiary/aromatic N) is 5. The Balaban J connectivity index is 1.69. The van der Waals surface area contributed by atoms with Gasteiger partial charge in [0.15, 0.2) is 0 Å². The van der Waals surface area contributed by atoms with E-state index in [1.54, 1.807) is 18.7 Å². The number of amides is 1. The van der Waals surface area contributed by atoms with E-state index < -0.39 is 0 Å². The minimum atomic E-state index is -0.219. The number of hydrogen-bond acceptors (Lipinski definition) is 7. The highest BCUT2D eigenvalue weighted by molar-refractivity contribution is 5.96. The Morgan fingerprint density at radius 1 is 1.43 bits per heavy atom. The second-order valence-electron chi connectivity index (χ2n) is 5.30. The highest BCUT2D eigenvalue weighted by atomic mass is 16.5. The lowest BCUT2D eigenvalue weighted by atomic mass is 10.2. The molecule has 2 aromatic rings. The van der Waals surface area contributed by atoms with Gasteiger partial charge < -0.3 is 14.2 Å². The summed E-state index contributed by atoms with van der Waals surface area (Å²) in [5.41, 5.74) is 1.23. The van der Waals surface area contributed by atoms with Gasteiger partial charge >= 0.3 is 0 Å². The van der Waals surface area contributed by atoms with Gasteiger partial charge in [0, 0.05) is 25.4 Å². The molecule has 8 nitrogen and oxygen atoms in total. The number of rotatable bonds is 3. The molecule has 0 aliphatic carbocycles. The Kier molecular flexibility index (Phi) is 3.93. The van der Waals surface area contributed by atoms with Crippen molar-refractivity contribution in [3.05, 3.63) is 35.1 Å². The zero-order chi connectivity index (χ0) is 16.4. The van der Waals surface area contributed by atoms with Gasteiger partial charge in [-0.15, -0.1) is 0 Å². The van der Waals surface area contributed by atoms with Crippen molar-refractivity contribution < 1.29 is 14.1 Å². The van der Waals surface area contributed by atoms with Crippen LogP contribution >= 0.6 is 0 Å². The summed E-state index contributed by atoms with van der Waals surface area (Å²) >= 11 is 0. The minimum Gasteiger partial charge on any atom is -0.470 e. The van der Waals surface area contributed by atoms with Crippen molar-refractivity contribution in [1.29, 1.82) is 5.26 Å². The van der Waals surface area contributed by atoms with E-state index in [1.807, 2.05) is 6.07 Å². The average molecular weight is 313 g/mol. The third-order valence-corrected chi connectivity index (χ3v) is 3.73. The quantitative estimate of drug-likeness (QED) is 0.839. The van der Waals surface area contributed by atoms with Gasteiger partial charge in [0.2, 0.25) is 5.69 Å². The van der Waals surface area contributed by atoms with Gasteiger partial charge in [-0.05, 0) is 13.8 Å². The lowest BCUT2D eigenvalue weighted by Gasteiger charge is -2.16. The summed E-state index contributed by atoms with van der Waals surface area (Å²) in [5, 5.41) is 12.8. The fourth-order valence-corrected chi connectivity index (χ4v) is 2.60. The number of carbonyl (C=O) groups is 1. The molecule has 1 atom stereocenters. The molecule has 2 aromatic heterocycles. The van der Waals surface area contributed by atoms with Crippen LogP contribution in [0.15, 0.2) is 16.9 Å². The molecule has 23 heavy (non-hydrogen) atoms. The van der Waals surface area contributed by atoms with Crippen LogP contribution in [0.5, 0.6) is 5.88 Å². The van der Waals surface area contributed by atoms with E-state index in [0.29, 0.717) is 36.5 Å². The maximum Gasteiger partial charge on any atom is 0.259 e.